The number of nitrogens with one attached hydrogen (secondary N) is 1. The Bertz CT molecular complexity index is 635. The molecule has 0 atom stereocenters. The largest absolute Gasteiger partial charge is 0.508 e. The standard InChI is InChI=1S/C22H36N4O2/c1-3-28-16-6-11-23-22(24-21-8-7-20(27)17-18(21)2)26-14-9-19(10-15-26)25-12-4-5-13-25/h7-8,17,19,27H,3-6,9-16H2,1-2H3,(H,23,24). The Morgan fingerprint density at radius 3 is 2.64 bits per heavy atom. The molecule has 0 bridgehead atoms. The summed E-state index contributed by atoms with van der Waals surface area (Å²) in [4.78, 5) is 9.94. The van der Waals surface area contributed by atoms with Crippen molar-refractivity contribution in [2.24, 2.45) is 4.99 Å². The van der Waals surface area contributed by atoms with E-state index < -0.39 is 0 Å². The topological polar surface area (TPSA) is 60.3 Å². The van der Waals surface area contributed by atoms with Gasteiger partial charge in [0.25, 0.3) is 0 Å². The van der Waals surface area contributed by atoms with Crippen molar-refractivity contribution in [3.63, 3.8) is 0 Å². The Kier molecular flexibility index (Phi) is 7.98. The van der Waals surface area contributed by atoms with Gasteiger partial charge in [0.2, 0.25) is 0 Å². The van der Waals surface area contributed by atoms with Crippen LogP contribution in [-0.2, 0) is 4.74 Å². The van der Waals surface area contributed by atoms with E-state index in [4.69, 9.17) is 9.73 Å². The second-order valence-electron chi connectivity index (χ2n) is 7.84. The lowest BCUT2D eigenvalue weighted by Crippen LogP contribution is -2.48. The first-order valence-corrected chi connectivity index (χ1v) is 10.8. The highest BCUT2D eigenvalue weighted by Crippen LogP contribution is 2.23. The van der Waals surface area contributed by atoms with Crippen molar-refractivity contribution < 1.29 is 9.84 Å². The van der Waals surface area contributed by atoms with Gasteiger partial charge in [-0.3, -0.25) is 4.99 Å². The Labute approximate surface area is 169 Å². The van der Waals surface area contributed by atoms with Gasteiger partial charge in [-0.25, -0.2) is 0 Å². The zero-order valence-corrected chi connectivity index (χ0v) is 17.5. The Morgan fingerprint density at radius 1 is 1.21 bits per heavy atom. The average molecular weight is 389 g/mol. The molecule has 0 unspecified atom stereocenters. The second kappa shape index (κ2) is 10.7. The van der Waals surface area contributed by atoms with Gasteiger partial charge in [-0.2, -0.15) is 0 Å². The summed E-state index contributed by atoms with van der Waals surface area (Å²) in [6, 6.07) is 6.17. The van der Waals surface area contributed by atoms with Gasteiger partial charge in [0, 0.05) is 44.6 Å². The molecule has 156 valence electrons. The quantitative estimate of drug-likeness (QED) is 0.324. The molecule has 0 saturated carbocycles. The van der Waals surface area contributed by atoms with E-state index >= 15 is 0 Å². The number of phenols is 1. The number of phenolic OH excluding ortho intramolecular Hbond substituents is 1. The summed E-state index contributed by atoms with van der Waals surface area (Å²) in [5.41, 5.74) is 2.02. The zero-order chi connectivity index (χ0) is 19.8. The lowest BCUT2D eigenvalue weighted by molar-refractivity contribution is 0.146. The van der Waals surface area contributed by atoms with Crippen LogP contribution in [0.3, 0.4) is 0 Å². The number of anilines is 1. The SMILES string of the molecule is CCOCCCN=C(Nc1ccc(O)cc1C)N1CCC(N2CCCC2)CC1. The van der Waals surface area contributed by atoms with E-state index in [0.717, 1.165) is 62.5 Å². The number of rotatable bonds is 7. The van der Waals surface area contributed by atoms with Crippen molar-refractivity contribution in [1.29, 1.82) is 0 Å². The molecule has 0 aromatic heterocycles. The molecule has 0 amide bonds. The lowest BCUT2D eigenvalue weighted by atomic mass is 10.0. The van der Waals surface area contributed by atoms with Gasteiger partial charge >= 0.3 is 0 Å². The Hall–Kier alpha value is -1.79. The number of ether oxygens (including phenoxy) is 1. The molecule has 0 aliphatic carbocycles. The number of piperidine rings is 1. The van der Waals surface area contributed by atoms with Crippen LogP contribution in [-0.4, -0.2) is 72.8 Å². The molecule has 2 saturated heterocycles. The number of benzene rings is 1. The molecule has 1 aromatic carbocycles. The van der Waals surface area contributed by atoms with Crippen molar-refractivity contribution >= 4 is 11.6 Å². The van der Waals surface area contributed by atoms with Gasteiger partial charge in [-0.05, 0) is 82.8 Å². The van der Waals surface area contributed by atoms with Crippen LogP contribution in [0.5, 0.6) is 5.75 Å². The van der Waals surface area contributed by atoms with Gasteiger partial charge in [0.15, 0.2) is 5.96 Å². The highest BCUT2D eigenvalue weighted by atomic mass is 16.5. The molecule has 2 aliphatic rings. The summed E-state index contributed by atoms with van der Waals surface area (Å²) in [5, 5.41) is 13.2. The van der Waals surface area contributed by atoms with E-state index in [2.05, 4.69) is 15.1 Å². The van der Waals surface area contributed by atoms with Crippen molar-refractivity contribution in [3.05, 3.63) is 23.8 Å². The molecular formula is C22H36N4O2. The summed E-state index contributed by atoms with van der Waals surface area (Å²) in [6.45, 7) is 10.9. The fourth-order valence-electron chi connectivity index (χ4n) is 4.17. The first-order chi connectivity index (χ1) is 13.7. The smallest absolute Gasteiger partial charge is 0.198 e. The number of guanidine groups is 1. The predicted octanol–water partition coefficient (Wildman–Crippen LogP) is 3.46. The maximum Gasteiger partial charge on any atom is 0.198 e. The molecule has 3 rings (SSSR count). The molecule has 6 heteroatoms. The third kappa shape index (κ3) is 5.85. The van der Waals surface area contributed by atoms with Crippen molar-refractivity contribution in [1.82, 2.24) is 9.80 Å². The third-order valence-corrected chi connectivity index (χ3v) is 5.79. The summed E-state index contributed by atoms with van der Waals surface area (Å²) >= 11 is 0. The number of nitrogens with zero attached hydrogens (tertiary/aromatic N) is 3. The summed E-state index contributed by atoms with van der Waals surface area (Å²) in [6.07, 6.45) is 6.04. The van der Waals surface area contributed by atoms with Crippen molar-refractivity contribution in [2.75, 3.05) is 51.3 Å². The van der Waals surface area contributed by atoms with Crippen LogP contribution >= 0.6 is 0 Å². The van der Waals surface area contributed by atoms with Crippen molar-refractivity contribution in [3.8, 4) is 5.75 Å². The summed E-state index contributed by atoms with van der Waals surface area (Å²) in [5.74, 6) is 1.25. The maximum atomic E-state index is 9.69. The van der Waals surface area contributed by atoms with Crippen LogP contribution in [0.2, 0.25) is 0 Å². The van der Waals surface area contributed by atoms with Crippen molar-refractivity contribution in [2.45, 2.75) is 52.0 Å². The summed E-state index contributed by atoms with van der Waals surface area (Å²) < 4.78 is 5.45. The monoisotopic (exact) mass is 388 g/mol. The first kappa shape index (κ1) is 20.9. The van der Waals surface area contributed by atoms with Gasteiger partial charge in [-0.15, -0.1) is 0 Å². The molecule has 0 spiro atoms. The van der Waals surface area contributed by atoms with E-state index in [1.807, 2.05) is 19.9 Å². The van der Waals surface area contributed by atoms with Crippen LogP contribution in [0.4, 0.5) is 5.69 Å². The van der Waals surface area contributed by atoms with Crippen LogP contribution in [0, 0.1) is 6.92 Å². The van der Waals surface area contributed by atoms with Gasteiger partial charge < -0.3 is 25.0 Å². The first-order valence-electron chi connectivity index (χ1n) is 10.8. The molecule has 2 aliphatic heterocycles. The highest BCUT2D eigenvalue weighted by Gasteiger charge is 2.27. The van der Waals surface area contributed by atoms with Crippen LogP contribution in [0.15, 0.2) is 23.2 Å². The Balaban J connectivity index is 1.62. The molecule has 1 aromatic rings. The molecule has 2 heterocycles. The summed E-state index contributed by atoms with van der Waals surface area (Å²) in [7, 11) is 0. The van der Waals surface area contributed by atoms with Gasteiger partial charge in [0.05, 0.1) is 0 Å². The van der Waals surface area contributed by atoms with E-state index in [9.17, 15) is 5.11 Å². The maximum absolute atomic E-state index is 9.69. The molecule has 28 heavy (non-hydrogen) atoms. The van der Waals surface area contributed by atoms with E-state index in [1.165, 1.54) is 38.8 Å². The van der Waals surface area contributed by atoms with E-state index in [-0.39, 0.29) is 0 Å². The molecular weight excluding hydrogens is 352 g/mol. The van der Waals surface area contributed by atoms with E-state index in [0.29, 0.717) is 5.75 Å². The van der Waals surface area contributed by atoms with Gasteiger partial charge in [0.1, 0.15) is 5.75 Å². The number of hydrogen-bond donors (Lipinski definition) is 2. The van der Waals surface area contributed by atoms with Crippen LogP contribution in [0.25, 0.3) is 0 Å². The minimum Gasteiger partial charge on any atom is -0.508 e. The van der Waals surface area contributed by atoms with E-state index in [1.54, 1.807) is 12.1 Å². The number of aliphatic imine (C=N–C) groups is 1. The third-order valence-electron chi connectivity index (χ3n) is 5.79. The minimum absolute atomic E-state index is 0.296. The van der Waals surface area contributed by atoms with Gasteiger partial charge in [-0.1, -0.05) is 0 Å². The molecule has 6 nitrogen and oxygen atoms in total. The Morgan fingerprint density at radius 2 is 1.96 bits per heavy atom. The minimum atomic E-state index is 0.296. The normalized spacial score (nSPS) is 19.4. The fraction of sp³-hybridized carbons (Fsp3) is 0.682. The molecule has 2 fully saturated rings. The predicted molar refractivity (Wildman–Crippen MR) is 115 cm³/mol. The highest BCUT2D eigenvalue weighted by molar-refractivity contribution is 5.94. The number of hydrogen-bond acceptors (Lipinski definition) is 4. The average Bonchev–Trinajstić information content (AvgIpc) is 3.23. The van der Waals surface area contributed by atoms with Crippen LogP contribution < -0.4 is 5.32 Å². The molecule has 0 radical (unpaired) electrons. The van der Waals surface area contributed by atoms with Crippen LogP contribution in [0.1, 0.15) is 44.6 Å². The molecule has 2 N–H and O–H groups in total. The number of aryl methyl sites for hydroxylation is 1. The second-order valence-corrected chi connectivity index (χ2v) is 7.84. The lowest BCUT2D eigenvalue weighted by Gasteiger charge is -2.38. The zero-order valence-electron chi connectivity index (χ0n) is 17.5. The number of likely N-dealkylation sites (tertiary alicyclic amines) is 2. The number of aromatic hydroxyl groups is 1. The fourth-order valence-corrected chi connectivity index (χ4v) is 4.17.